The van der Waals surface area contributed by atoms with Crippen LogP contribution in [0.1, 0.15) is 44.2 Å². The molecule has 1 saturated heterocycles. The van der Waals surface area contributed by atoms with Crippen LogP contribution in [0.5, 0.6) is 0 Å². The van der Waals surface area contributed by atoms with Gasteiger partial charge in [-0.25, -0.2) is 0 Å². The van der Waals surface area contributed by atoms with Crippen molar-refractivity contribution < 1.29 is 14.4 Å². The van der Waals surface area contributed by atoms with Gasteiger partial charge in [0.1, 0.15) is 6.04 Å². The van der Waals surface area contributed by atoms with Crippen molar-refractivity contribution in [1.82, 2.24) is 9.80 Å². The third-order valence-corrected chi connectivity index (χ3v) is 6.28. The summed E-state index contributed by atoms with van der Waals surface area (Å²) in [6, 6.07) is 7.49. The molecule has 1 aliphatic carbocycles. The van der Waals surface area contributed by atoms with E-state index in [0.717, 1.165) is 12.0 Å². The number of likely N-dealkylation sites (tertiary alicyclic amines) is 1. The molecule has 2 aliphatic heterocycles. The van der Waals surface area contributed by atoms with Crippen LogP contribution in [-0.4, -0.2) is 40.1 Å². The predicted octanol–water partition coefficient (Wildman–Crippen LogP) is 2.94. The van der Waals surface area contributed by atoms with Gasteiger partial charge in [-0.3, -0.25) is 19.3 Å². The molecule has 148 valence electrons. The Morgan fingerprint density at radius 3 is 2.25 bits per heavy atom. The second-order valence-electron chi connectivity index (χ2n) is 8.63. The number of fused-ring (bicyclic) bond motifs is 2. The quantitative estimate of drug-likeness (QED) is 0.596. The number of allylic oxidation sites excluding steroid dienone is 2. The van der Waals surface area contributed by atoms with Gasteiger partial charge in [-0.1, -0.05) is 50.3 Å². The van der Waals surface area contributed by atoms with Crippen LogP contribution in [0.3, 0.4) is 0 Å². The van der Waals surface area contributed by atoms with Crippen molar-refractivity contribution in [2.45, 2.75) is 52.1 Å². The van der Waals surface area contributed by atoms with Gasteiger partial charge in [-0.2, -0.15) is 0 Å². The van der Waals surface area contributed by atoms with Crippen molar-refractivity contribution in [3.63, 3.8) is 0 Å². The second kappa shape index (κ2) is 7.53. The van der Waals surface area contributed by atoms with Crippen molar-refractivity contribution in [1.29, 1.82) is 0 Å². The van der Waals surface area contributed by atoms with E-state index in [9.17, 15) is 14.4 Å². The van der Waals surface area contributed by atoms with E-state index < -0.39 is 6.04 Å². The Morgan fingerprint density at radius 2 is 1.64 bits per heavy atom. The molecule has 1 fully saturated rings. The number of amides is 3. The minimum atomic E-state index is -0.684. The van der Waals surface area contributed by atoms with Crippen LogP contribution in [0, 0.1) is 17.8 Å². The SMILES string of the molecule is CC(C)CC(C(=O)N1CCc2ccccc2C1)N1C(=O)C2CC=CCC2C1=O. The van der Waals surface area contributed by atoms with Gasteiger partial charge >= 0.3 is 0 Å². The Morgan fingerprint density at radius 1 is 1.04 bits per heavy atom. The van der Waals surface area contributed by atoms with E-state index in [-0.39, 0.29) is 35.5 Å². The van der Waals surface area contributed by atoms with Crippen LogP contribution in [0.25, 0.3) is 0 Å². The van der Waals surface area contributed by atoms with Gasteiger partial charge in [0.15, 0.2) is 0 Å². The first-order valence-corrected chi connectivity index (χ1v) is 10.3. The van der Waals surface area contributed by atoms with Crippen LogP contribution in [0.2, 0.25) is 0 Å². The minimum absolute atomic E-state index is 0.0866. The van der Waals surface area contributed by atoms with Gasteiger partial charge < -0.3 is 4.90 Å². The van der Waals surface area contributed by atoms with E-state index in [1.165, 1.54) is 10.5 Å². The number of nitrogens with zero attached hydrogens (tertiary/aromatic N) is 2. The smallest absolute Gasteiger partial charge is 0.246 e. The molecular formula is C23H28N2O3. The molecule has 0 saturated carbocycles. The molecule has 0 spiro atoms. The number of carbonyl (C=O) groups excluding carboxylic acids is 3. The Kier molecular flexibility index (Phi) is 5.09. The Labute approximate surface area is 166 Å². The van der Waals surface area contributed by atoms with Crippen LogP contribution >= 0.6 is 0 Å². The van der Waals surface area contributed by atoms with E-state index in [1.54, 1.807) is 0 Å². The van der Waals surface area contributed by atoms with Crippen LogP contribution in [0.15, 0.2) is 36.4 Å². The Balaban J connectivity index is 1.59. The maximum absolute atomic E-state index is 13.5. The molecule has 5 nitrogen and oxygen atoms in total. The van der Waals surface area contributed by atoms with Crippen molar-refractivity contribution in [3.05, 3.63) is 47.5 Å². The lowest BCUT2D eigenvalue weighted by atomic mass is 9.85. The van der Waals surface area contributed by atoms with Crippen LogP contribution < -0.4 is 0 Å². The topological polar surface area (TPSA) is 57.7 Å². The number of carbonyl (C=O) groups is 3. The van der Waals surface area contributed by atoms with Crippen molar-refractivity contribution in [2.75, 3.05) is 6.54 Å². The monoisotopic (exact) mass is 380 g/mol. The summed E-state index contributed by atoms with van der Waals surface area (Å²) in [5, 5.41) is 0. The zero-order valence-electron chi connectivity index (χ0n) is 16.6. The fourth-order valence-corrected chi connectivity index (χ4v) is 4.79. The average molecular weight is 380 g/mol. The third-order valence-electron chi connectivity index (χ3n) is 6.28. The number of hydrogen-bond donors (Lipinski definition) is 0. The maximum Gasteiger partial charge on any atom is 0.246 e. The predicted molar refractivity (Wildman–Crippen MR) is 106 cm³/mol. The molecule has 0 N–H and O–H groups in total. The van der Waals surface area contributed by atoms with Crippen molar-refractivity contribution >= 4 is 17.7 Å². The van der Waals surface area contributed by atoms with Crippen molar-refractivity contribution in [2.24, 2.45) is 17.8 Å². The molecule has 3 atom stereocenters. The zero-order valence-corrected chi connectivity index (χ0v) is 16.6. The molecule has 2 heterocycles. The van der Waals surface area contributed by atoms with E-state index in [0.29, 0.717) is 32.4 Å². The Bertz CT molecular complexity index is 803. The van der Waals surface area contributed by atoms with Crippen LogP contribution in [-0.2, 0) is 27.3 Å². The van der Waals surface area contributed by atoms with Gasteiger partial charge in [-0.05, 0) is 42.7 Å². The summed E-state index contributed by atoms with van der Waals surface area (Å²) in [5.41, 5.74) is 2.43. The molecule has 1 aromatic carbocycles. The lowest BCUT2D eigenvalue weighted by molar-refractivity contribution is -0.152. The summed E-state index contributed by atoms with van der Waals surface area (Å²) in [5.74, 6) is -0.764. The molecular weight excluding hydrogens is 352 g/mol. The summed E-state index contributed by atoms with van der Waals surface area (Å²) in [4.78, 5) is 42.8. The molecule has 4 rings (SSSR count). The first kappa shape index (κ1) is 18.9. The summed E-state index contributed by atoms with van der Waals surface area (Å²) < 4.78 is 0. The first-order chi connectivity index (χ1) is 13.5. The highest BCUT2D eigenvalue weighted by molar-refractivity contribution is 6.08. The van der Waals surface area contributed by atoms with E-state index in [4.69, 9.17) is 0 Å². The lowest BCUT2D eigenvalue weighted by Crippen LogP contribution is -2.52. The third kappa shape index (κ3) is 3.27. The fourth-order valence-electron chi connectivity index (χ4n) is 4.79. The number of benzene rings is 1. The molecule has 0 bridgehead atoms. The maximum atomic E-state index is 13.5. The standard InChI is InChI=1S/C23H28N2O3/c1-15(2)13-20(25-21(26)18-9-5-6-10-19(18)22(25)27)23(28)24-12-11-16-7-3-4-8-17(16)14-24/h3-8,15,18-20H,9-14H2,1-2H3. The first-order valence-electron chi connectivity index (χ1n) is 10.3. The summed E-state index contributed by atoms with van der Waals surface area (Å²) >= 11 is 0. The van der Waals surface area contributed by atoms with E-state index in [1.807, 2.05) is 43.0 Å². The molecule has 5 heteroatoms. The van der Waals surface area contributed by atoms with Crippen molar-refractivity contribution in [3.8, 4) is 0 Å². The number of imide groups is 1. The molecule has 28 heavy (non-hydrogen) atoms. The molecule has 1 aromatic rings. The fraction of sp³-hybridized carbons (Fsp3) is 0.522. The summed E-state index contributed by atoms with van der Waals surface area (Å²) in [7, 11) is 0. The summed E-state index contributed by atoms with van der Waals surface area (Å²) in [6.45, 7) is 5.25. The highest BCUT2D eigenvalue weighted by Crippen LogP contribution is 2.37. The highest BCUT2D eigenvalue weighted by Gasteiger charge is 2.51. The molecule has 3 amide bonds. The van der Waals surface area contributed by atoms with Gasteiger partial charge in [0.2, 0.25) is 17.7 Å². The molecule has 3 aliphatic rings. The average Bonchev–Trinajstić information content (AvgIpc) is 2.96. The highest BCUT2D eigenvalue weighted by atomic mass is 16.2. The molecule has 3 unspecified atom stereocenters. The number of hydrogen-bond acceptors (Lipinski definition) is 3. The minimum Gasteiger partial charge on any atom is -0.336 e. The van der Waals surface area contributed by atoms with E-state index >= 15 is 0 Å². The van der Waals surface area contributed by atoms with E-state index in [2.05, 4.69) is 12.1 Å². The van der Waals surface area contributed by atoms with Gasteiger partial charge in [0.25, 0.3) is 0 Å². The van der Waals surface area contributed by atoms with Crippen LogP contribution in [0.4, 0.5) is 0 Å². The second-order valence-corrected chi connectivity index (χ2v) is 8.63. The van der Waals surface area contributed by atoms with Gasteiger partial charge in [0, 0.05) is 13.1 Å². The summed E-state index contributed by atoms with van der Waals surface area (Å²) in [6.07, 6.45) is 6.50. The molecule has 0 aromatic heterocycles. The molecule has 0 radical (unpaired) electrons. The largest absolute Gasteiger partial charge is 0.336 e. The van der Waals surface area contributed by atoms with Gasteiger partial charge in [0.05, 0.1) is 11.8 Å². The van der Waals surface area contributed by atoms with Gasteiger partial charge in [-0.15, -0.1) is 0 Å². The lowest BCUT2D eigenvalue weighted by Gasteiger charge is -2.35. The normalized spacial score (nSPS) is 25.1. The number of rotatable bonds is 4. The Hall–Kier alpha value is -2.43. The zero-order chi connectivity index (χ0) is 19.8.